The molecular formula is C24H27N5O9. The first-order chi connectivity index (χ1) is 18.2. The van der Waals surface area contributed by atoms with E-state index in [9.17, 15) is 14.9 Å². The van der Waals surface area contributed by atoms with Crippen molar-refractivity contribution in [3.8, 4) is 28.7 Å². The van der Waals surface area contributed by atoms with Gasteiger partial charge in [0.05, 0.1) is 52.1 Å². The van der Waals surface area contributed by atoms with Crippen molar-refractivity contribution < 1.29 is 38.1 Å². The second kappa shape index (κ2) is 12.3. The Kier molecular flexibility index (Phi) is 8.92. The van der Waals surface area contributed by atoms with Crippen LogP contribution in [0.1, 0.15) is 16.7 Å². The molecule has 1 heterocycles. The van der Waals surface area contributed by atoms with Crippen LogP contribution in [-0.4, -0.2) is 56.5 Å². The van der Waals surface area contributed by atoms with E-state index in [2.05, 4.69) is 15.3 Å². The summed E-state index contributed by atoms with van der Waals surface area (Å²) in [6.07, 6.45) is 0.863. The number of hydrogen-bond donors (Lipinski definition) is 2. The largest absolute Gasteiger partial charge is 0.493 e. The van der Waals surface area contributed by atoms with Gasteiger partial charge in [0.1, 0.15) is 12.4 Å². The number of carbonyl (C=O) groups is 1. The number of methoxy groups -OCH3 is 5. The van der Waals surface area contributed by atoms with Crippen molar-refractivity contribution in [3.05, 3.63) is 57.3 Å². The van der Waals surface area contributed by atoms with Gasteiger partial charge in [-0.2, -0.15) is 4.98 Å². The molecule has 0 aliphatic rings. The van der Waals surface area contributed by atoms with E-state index in [-0.39, 0.29) is 34.5 Å². The molecule has 2 aromatic carbocycles. The van der Waals surface area contributed by atoms with Gasteiger partial charge in [-0.3, -0.25) is 15.4 Å². The first-order valence-electron chi connectivity index (χ1n) is 11.0. The molecular weight excluding hydrogens is 502 g/mol. The molecule has 1 aromatic heterocycles. The number of nitrogens with one attached hydrogen (secondary N) is 1. The standard InChI is InChI=1S/C24H27N5O9/c1-33-17-9-15(16(29(31)32)10-18(17)34-2)12-38-24(30)28-23-26-11-14(22(25)27-23)6-13-7-19(35-3)21(37-5)20(8-13)36-4/h7-11H,6,12H2,1-5H3,(H3,25,26,27,28,30). The van der Waals surface area contributed by atoms with E-state index in [0.29, 0.717) is 29.2 Å². The van der Waals surface area contributed by atoms with Crippen molar-refractivity contribution in [1.29, 1.82) is 0 Å². The fraction of sp³-hybridized carbons (Fsp3) is 0.292. The molecule has 0 unspecified atom stereocenters. The van der Waals surface area contributed by atoms with Crippen molar-refractivity contribution in [2.24, 2.45) is 0 Å². The second-order valence-electron chi connectivity index (χ2n) is 7.61. The molecule has 0 spiro atoms. The lowest BCUT2D eigenvalue weighted by atomic mass is 10.1. The van der Waals surface area contributed by atoms with Gasteiger partial charge in [0.15, 0.2) is 23.0 Å². The van der Waals surface area contributed by atoms with Gasteiger partial charge in [-0.1, -0.05) is 0 Å². The SMILES string of the molecule is COc1cc(COC(=O)Nc2ncc(Cc3cc(OC)c(OC)c(OC)c3)c(N)n2)c([N+](=O)[O-])cc1OC. The minimum absolute atomic E-state index is 0.101. The van der Waals surface area contributed by atoms with Crippen LogP contribution in [-0.2, 0) is 17.8 Å². The summed E-state index contributed by atoms with van der Waals surface area (Å²) in [5, 5.41) is 13.8. The number of benzene rings is 2. The Labute approximate surface area is 217 Å². The summed E-state index contributed by atoms with van der Waals surface area (Å²) >= 11 is 0. The first kappa shape index (κ1) is 27.6. The third-order valence-electron chi connectivity index (χ3n) is 5.37. The van der Waals surface area contributed by atoms with Gasteiger partial charge in [-0.25, -0.2) is 9.78 Å². The van der Waals surface area contributed by atoms with E-state index in [1.54, 1.807) is 12.1 Å². The lowest BCUT2D eigenvalue weighted by molar-refractivity contribution is -0.385. The highest BCUT2D eigenvalue weighted by atomic mass is 16.6. The van der Waals surface area contributed by atoms with Crippen LogP contribution in [0.25, 0.3) is 0 Å². The van der Waals surface area contributed by atoms with Crippen LogP contribution in [0.3, 0.4) is 0 Å². The van der Waals surface area contributed by atoms with E-state index in [1.165, 1.54) is 53.9 Å². The monoisotopic (exact) mass is 529 g/mol. The molecule has 1 amide bonds. The van der Waals surface area contributed by atoms with Crippen molar-refractivity contribution in [2.75, 3.05) is 46.6 Å². The Balaban J connectivity index is 1.71. The zero-order chi connectivity index (χ0) is 27.8. The van der Waals surface area contributed by atoms with E-state index in [4.69, 9.17) is 34.2 Å². The third-order valence-corrected chi connectivity index (χ3v) is 5.37. The molecule has 3 aromatic rings. The Morgan fingerprint density at radius 1 is 0.921 bits per heavy atom. The third kappa shape index (κ3) is 6.21. The fourth-order valence-corrected chi connectivity index (χ4v) is 3.54. The van der Waals surface area contributed by atoms with Gasteiger partial charge in [0, 0.05) is 18.2 Å². The molecule has 0 radical (unpaired) electrons. The summed E-state index contributed by atoms with van der Waals surface area (Å²) < 4.78 is 31.4. The smallest absolute Gasteiger partial charge is 0.414 e. The minimum Gasteiger partial charge on any atom is -0.493 e. The second-order valence-corrected chi connectivity index (χ2v) is 7.61. The molecule has 14 nitrogen and oxygen atoms in total. The number of hydrogen-bond acceptors (Lipinski definition) is 12. The molecule has 0 saturated heterocycles. The number of nitro benzene ring substituents is 1. The summed E-state index contributed by atoms with van der Waals surface area (Å²) in [6.45, 7) is -0.419. The van der Waals surface area contributed by atoms with Crippen molar-refractivity contribution in [1.82, 2.24) is 9.97 Å². The molecule has 3 rings (SSSR count). The predicted molar refractivity (Wildman–Crippen MR) is 135 cm³/mol. The number of rotatable bonds is 11. The number of nitrogen functional groups attached to an aromatic ring is 1. The number of amides is 1. The topological polar surface area (TPSA) is 179 Å². The number of nitro groups is 1. The van der Waals surface area contributed by atoms with Crippen molar-refractivity contribution in [2.45, 2.75) is 13.0 Å². The number of aromatic nitrogens is 2. The highest BCUT2D eigenvalue weighted by Gasteiger charge is 2.21. The number of anilines is 2. The Morgan fingerprint density at radius 3 is 2.05 bits per heavy atom. The maximum Gasteiger partial charge on any atom is 0.414 e. The maximum absolute atomic E-state index is 12.3. The molecule has 0 aliphatic heterocycles. The predicted octanol–water partition coefficient (Wildman–Crippen LogP) is 3.35. The molecule has 38 heavy (non-hydrogen) atoms. The van der Waals surface area contributed by atoms with Crippen LogP contribution in [0, 0.1) is 10.1 Å². The maximum atomic E-state index is 12.3. The first-order valence-corrected chi connectivity index (χ1v) is 11.0. The van der Waals surface area contributed by atoms with Gasteiger partial charge in [0.25, 0.3) is 5.69 Å². The number of carbonyl (C=O) groups excluding carboxylic acids is 1. The molecule has 0 aliphatic carbocycles. The van der Waals surface area contributed by atoms with E-state index < -0.39 is 17.6 Å². The summed E-state index contributed by atoms with van der Waals surface area (Å²) in [5.74, 6) is 1.86. The highest BCUT2D eigenvalue weighted by molar-refractivity contribution is 5.82. The zero-order valence-corrected chi connectivity index (χ0v) is 21.4. The average molecular weight is 530 g/mol. The van der Waals surface area contributed by atoms with Crippen LogP contribution in [0.5, 0.6) is 28.7 Å². The number of nitrogens with zero attached hydrogens (tertiary/aromatic N) is 3. The van der Waals surface area contributed by atoms with Gasteiger partial charge in [-0.05, 0) is 23.8 Å². The van der Waals surface area contributed by atoms with E-state index in [0.717, 1.165) is 5.56 Å². The molecule has 0 saturated carbocycles. The number of ether oxygens (including phenoxy) is 6. The summed E-state index contributed by atoms with van der Waals surface area (Å²) in [4.78, 5) is 31.3. The quantitative estimate of drug-likeness (QED) is 0.274. The van der Waals surface area contributed by atoms with Crippen LogP contribution < -0.4 is 34.7 Å². The molecule has 202 valence electrons. The molecule has 3 N–H and O–H groups in total. The lowest BCUT2D eigenvalue weighted by Gasteiger charge is -2.14. The minimum atomic E-state index is -0.939. The Hall–Kier alpha value is -5.01. The van der Waals surface area contributed by atoms with Gasteiger partial charge in [-0.15, -0.1) is 0 Å². The van der Waals surface area contributed by atoms with Crippen LogP contribution >= 0.6 is 0 Å². The summed E-state index contributed by atoms with van der Waals surface area (Å²) in [7, 11) is 7.28. The van der Waals surface area contributed by atoms with Crippen LogP contribution in [0.2, 0.25) is 0 Å². The van der Waals surface area contributed by atoms with Crippen LogP contribution in [0.4, 0.5) is 22.2 Å². The van der Waals surface area contributed by atoms with Crippen molar-refractivity contribution in [3.63, 3.8) is 0 Å². The zero-order valence-electron chi connectivity index (χ0n) is 21.4. The molecule has 0 atom stereocenters. The van der Waals surface area contributed by atoms with E-state index in [1.807, 2.05) is 0 Å². The molecule has 0 fully saturated rings. The summed E-state index contributed by atoms with van der Waals surface area (Å²) in [6, 6.07) is 6.10. The molecule has 0 bridgehead atoms. The van der Waals surface area contributed by atoms with E-state index >= 15 is 0 Å². The van der Waals surface area contributed by atoms with Gasteiger partial charge >= 0.3 is 6.09 Å². The van der Waals surface area contributed by atoms with Crippen LogP contribution in [0.15, 0.2) is 30.5 Å². The average Bonchev–Trinajstić information content (AvgIpc) is 2.91. The lowest BCUT2D eigenvalue weighted by Crippen LogP contribution is -2.17. The number of nitrogens with two attached hydrogens (primary N) is 1. The molecule has 14 heteroatoms. The van der Waals surface area contributed by atoms with Gasteiger partial charge < -0.3 is 34.2 Å². The van der Waals surface area contributed by atoms with Gasteiger partial charge in [0.2, 0.25) is 11.7 Å². The highest BCUT2D eigenvalue weighted by Crippen LogP contribution is 2.39. The Morgan fingerprint density at radius 2 is 1.53 bits per heavy atom. The normalized spacial score (nSPS) is 10.3. The van der Waals surface area contributed by atoms with Crippen molar-refractivity contribution >= 4 is 23.5 Å². The fourth-order valence-electron chi connectivity index (χ4n) is 3.54. The Bertz CT molecular complexity index is 1310. The summed E-state index contributed by atoms with van der Waals surface area (Å²) in [5.41, 5.74) is 7.27.